The Kier molecular flexibility index (Phi) is 7.51. The zero-order chi connectivity index (χ0) is 23.0. The minimum Gasteiger partial charge on any atom is -0.497 e. The van der Waals surface area contributed by atoms with Crippen LogP contribution in [0.4, 0.5) is 11.4 Å². The summed E-state index contributed by atoms with van der Waals surface area (Å²) >= 11 is 0. The van der Waals surface area contributed by atoms with Crippen molar-refractivity contribution in [3.05, 3.63) is 84.4 Å². The van der Waals surface area contributed by atoms with Gasteiger partial charge in [-0.1, -0.05) is 18.2 Å². The molecule has 166 valence electrons. The number of benzene rings is 3. The highest BCUT2D eigenvalue weighted by Gasteiger charge is 2.15. The Bertz CT molecular complexity index is 1190. The van der Waals surface area contributed by atoms with Crippen molar-refractivity contribution in [1.82, 2.24) is 0 Å². The lowest BCUT2D eigenvalue weighted by Crippen LogP contribution is -2.14. The average Bonchev–Trinajstić information content (AvgIpc) is 2.79. The van der Waals surface area contributed by atoms with E-state index in [0.717, 1.165) is 11.3 Å². The number of amides is 1. The van der Waals surface area contributed by atoms with Gasteiger partial charge in [0.25, 0.3) is 10.0 Å². The molecule has 8 heteroatoms. The summed E-state index contributed by atoms with van der Waals surface area (Å²) in [4.78, 5) is 12.3. The molecule has 0 aliphatic rings. The van der Waals surface area contributed by atoms with Crippen LogP contribution in [-0.4, -0.2) is 28.0 Å². The molecule has 0 aliphatic heterocycles. The molecule has 3 rings (SSSR count). The van der Waals surface area contributed by atoms with Crippen LogP contribution in [0.15, 0.2) is 83.8 Å². The fourth-order valence-electron chi connectivity index (χ4n) is 2.81. The Labute approximate surface area is 187 Å². The number of hydrogen-bond donors (Lipinski definition) is 2. The van der Waals surface area contributed by atoms with Crippen LogP contribution in [-0.2, 0) is 14.8 Å². The van der Waals surface area contributed by atoms with E-state index in [2.05, 4.69) is 10.0 Å². The van der Waals surface area contributed by atoms with Gasteiger partial charge >= 0.3 is 0 Å². The highest BCUT2D eigenvalue weighted by molar-refractivity contribution is 7.92. The first-order chi connectivity index (χ1) is 15.4. The van der Waals surface area contributed by atoms with Crippen LogP contribution in [0.5, 0.6) is 11.5 Å². The Balaban J connectivity index is 1.66. The standard InChI is InChI=1S/C24H24N2O5S/c1-3-31-22-12-7-18(8-13-22)9-16-24(27)25-20-5-4-6-23(17-20)32(28,29)26-19-10-14-21(30-2)15-11-19/h4-17,26H,3H2,1-2H3,(H,25,27)/b16-9+. The first-order valence-corrected chi connectivity index (χ1v) is 11.4. The van der Waals surface area contributed by atoms with E-state index in [4.69, 9.17) is 9.47 Å². The summed E-state index contributed by atoms with van der Waals surface area (Å²) in [6.07, 6.45) is 3.04. The number of carbonyl (C=O) groups excluding carboxylic acids is 1. The summed E-state index contributed by atoms with van der Waals surface area (Å²) in [5.74, 6) is 1.00. The molecule has 3 aromatic rings. The Morgan fingerprint density at radius 1 is 0.938 bits per heavy atom. The van der Waals surface area contributed by atoms with E-state index in [-0.39, 0.29) is 10.8 Å². The lowest BCUT2D eigenvalue weighted by atomic mass is 10.2. The first kappa shape index (κ1) is 22.9. The van der Waals surface area contributed by atoms with E-state index in [1.165, 1.54) is 25.3 Å². The summed E-state index contributed by atoms with van der Waals surface area (Å²) in [7, 11) is -2.29. The van der Waals surface area contributed by atoms with Crippen LogP contribution < -0.4 is 19.5 Å². The van der Waals surface area contributed by atoms with Crippen molar-refractivity contribution in [3.63, 3.8) is 0 Å². The van der Waals surface area contributed by atoms with Gasteiger partial charge in [-0.05, 0) is 73.2 Å². The molecule has 0 aromatic heterocycles. The minimum atomic E-state index is -3.83. The van der Waals surface area contributed by atoms with Crippen LogP contribution in [0.3, 0.4) is 0 Å². The number of methoxy groups -OCH3 is 1. The van der Waals surface area contributed by atoms with Gasteiger partial charge in [0.1, 0.15) is 11.5 Å². The molecular formula is C24H24N2O5S. The van der Waals surface area contributed by atoms with Crippen LogP contribution >= 0.6 is 0 Å². The highest BCUT2D eigenvalue weighted by Crippen LogP contribution is 2.21. The Morgan fingerprint density at radius 3 is 2.28 bits per heavy atom. The second-order valence-electron chi connectivity index (χ2n) is 6.69. The molecule has 3 aromatic carbocycles. The van der Waals surface area contributed by atoms with E-state index in [9.17, 15) is 13.2 Å². The molecular weight excluding hydrogens is 428 g/mol. The molecule has 0 bridgehead atoms. The molecule has 1 amide bonds. The molecule has 0 radical (unpaired) electrons. The van der Waals surface area contributed by atoms with Crippen molar-refractivity contribution >= 4 is 33.4 Å². The van der Waals surface area contributed by atoms with Crippen LogP contribution in [0, 0.1) is 0 Å². The highest BCUT2D eigenvalue weighted by atomic mass is 32.2. The van der Waals surface area contributed by atoms with E-state index >= 15 is 0 Å². The maximum atomic E-state index is 12.7. The van der Waals surface area contributed by atoms with E-state index in [1.54, 1.807) is 42.5 Å². The molecule has 0 saturated heterocycles. The van der Waals surface area contributed by atoms with Crippen molar-refractivity contribution in [1.29, 1.82) is 0 Å². The maximum Gasteiger partial charge on any atom is 0.261 e. The Morgan fingerprint density at radius 2 is 1.62 bits per heavy atom. The summed E-state index contributed by atoms with van der Waals surface area (Å²) in [5, 5.41) is 2.68. The normalized spacial score (nSPS) is 11.2. The number of ether oxygens (including phenoxy) is 2. The molecule has 0 atom stereocenters. The number of carbonyl (C=O) groups is 1. The summed E-state index contributed by atoms with van der Waals surface area (Å²) in [6.45, 7) is 2.50. The molecule has 0 aliphatic carbocycles. The van der Waals surface area contributed by atoms with Crippen LogP contribution in [0.1, 0.15) is 12.5 Å². The van der Waals surface area contributed by atoms with E-state index in [1.807, 2.05) is 31.2 Å². The first-order valence-electron chi connectivity index (χ1n) is 9.88. The van der Waals surface area contributed by atoms with Gasteiger partial charge in [-0.25, -0.2) is 8.42 Å². The number of hydrogen-bond acceptors (Lipinski definition) is 5. The quantitative estimate of drug-likeness (QED) is 0.465. The van der Waals surface area contributed by atoms with E-state index < -0.39 is 10.0 Å². The third kappa shape index (κ3) is 6.36. The second kappa shape index (κ2) is 10.5. The van der Waals surface area contributed by atoms with E-state index in [0.29, 0.717) is 23.7 Å². The van der Waals surface area contributed by atoms with Gasteiger partial charge < -0.3 is 14.8 Å². The van der Waals surface area contributed by atoms with Crippen LogP contribution in [0.2, 0.25) is 0 Å². The van der Waals surface area contributed by atoms with Crippen molar-refractivity contribution in [2.24, 2.45) is 0 Å². The number of sulfonamides is 1. The van der Waals surface area contributed by atoms with Gasteiger partial charge in [0.05, 0.1) is 18.6 Å². The minimum absolute atomic E-state index is 0.0293. The smallest absolute Gasteiger partial charge is 0.261 e. The lowest BCUT2D eigenvalue weighted by Gasteiger charge is -2.10. The summed E-state index contributed by atoms with van der Waals surface area (Å²) in [5.41, 5.74) is 1.60. The van der Waals surface area contributed by atoms with Gasteiger partial charge in [0, 0.05) is 17.5 Å². The topological polar surface area (TPSA) is 93.7 Å². The molecule has 0 fully saturated rings. The largest absolute Gasteiger partial charge is 0.497 e. The van der Waals surface area contributed by atoms with Crippen molar-refractivity contribution < 1.29 is 22.7 Å². The number of rotatable bonds is 9. The summed E-state index contributed by atoms with van der Waals surface area (Å²) < 4.78 is 38.4. The number of nitrogens with one attached hydrogen (secondary N) is 2. The molecule has 0 saturated carbocycles. The zero-order valence-electron chi connectivity index (χ0n) is 17.7. The molecule has 2 N–H and O–H groups in total. The number of anilines is 2. The van der Waals surface area contributed by atoms with Crippen molar-refractivity contribution in [3.8, 4) is 11.5 Å². The second-order valence-corrected chi connectivity index (χ2v) is 8.37. The van der Waals surface area contributed by atoms with Gasteiger partial charge in [-0.3, -0.25) is 9.52 Å². The average molecular weight is 453 g/mol. The van der Waals surface area contributed by atoms with Crippen molar-refractivity contribution in [2.45, 2.75) is 11.8 Å². The van der Waals surface area contributed by atoms with Gasteiger partial charge in [-0.15, -0.1) is 0 Å². The predicted octanol–water partition coefficient (Wildman–Crippen LogP) is 4.55. The monoisotopic (exact) mass is 452 g/mol. The molecule has 0 spiro atoms. The molecule has 0 heterocycles. The lowest BCUT2D eigenvalue weighted by molar-refractivity contribution is -0.111. The molecule has 32 heavy (non-hydrogen) atoms. The van der Waals surface area contributed by atoms with Crippen LogP contribution in [0.25, 0.3) is 6.08 Å². The predicted molar refractivity (Wildman–Crippen MR) is 126 cm³/mol. The molecule has 7 nitrogen and oxygen atoms in total. The van der Waals surface area contributed by atoms with Gasteiger partial charge in [0.2, 0.25) is 5.91 Å². The van der Waals surface area contributed by atoms with Gasteiger partial charge in [0.15, 0.2) is 0 Å². The fourth-order valence-corrected chi connectivity index (χ4v) is 3.92. The Hall–Kier alpha value is -3.78. The zero-order valence-corrected chi connectivity index (χ0v) is 18.6. The third-order valence-electron chi connectivity index (χ3n) is 4.37. The van der Waals surface area contributed by atoms with Gasteiger partial charge in [-0.2, -0.15) is 0 Å². The summed E-state index contributed by atoms with van der Waals surface area (Å²) in [6, 6.07) is 19.9. The third-order valence-corrected chi connectivity index (χ3v) is 5.75. The van der Waals surface area contributed by atoms with Crippen molar-refractivity contribution in [2.75, 3.05) is 23.8 Å². The maximum absolute atomic E-state index is 12.7. The fraction of sp³-hybridized carbons (Fsp3) is 0.125. The SMILES string of the molecule is CCOc1ccc(/C=C/C(=O)Nc2cccc(S(=O)(=O)Nc3ccc(OC)cc3)c2)cc1. The molecule has 0 unspecified atom stereocenters.